The van der Waals surface area contributed by atoms with Crippen LogP contribution in [0.4, 0.5) is 0 Å². The number of hydrogen-bond donors (Lipinski definition) is 0. The fraction of sp³-hybridized carbons (Fsp3) is 0.412. The van der Waals surface area contributed by atoms with Gasteiger partial charge < -0.3 is 9.42 Å². The number of likely N-dealkylation sites (tertiary alicyclic amines) is 1. The third kappa shape index (κ3) is 3.46. The van der Waals surface area contributed by atoms with Crippen molar-refractivity contribution >= 4 is 5.91 Å². The van der Waals surface area contributed by atoms with Crippen LogP contribution in [0.2, 0.25) is 0 Å². The lowest BCUT2D eigenvalue weighted by Crippen LogP contribution is -2.40. The molecule has 9 nitrogen and oxygen atoms in total. The fourth-order valence-electron chi connectivity index (χ4n) is 3.09. The Labute approximate surface area is 150 Å². The third-order valence-electron chi connectivity index (χ3n) is 4.50. The Hall–Kier alpha value is -3.10. The summed E-state index contributed by atoms with van der Waals surface area (Å²) < 4.78 is 5.24. The topological polar surface area (TPSA) is 103 Å². The summed E-state index contributed by atoms with van der Waals surface area (Å²) in [6, 6.07) is 9.57. The summed E-state index contributed by atoms with van der Waals surface area (Å²) >= 11 is 0. The number of amides is 1. The van der Waals surface area contributed by atoms with Gasteiger partial charge in [0.05, 0.1) is 0 Å². The molecular formula is C17H19N7O2. The first-order valence-electron chi connectivity index (χ1n) is 8.60. The van der Waals surface area contributed by atoms with E-state index in [1.807, 2.05) is 35.2 Å². The molecule has 9 heteroatoms. The van der Waals surface area contributed by atoms with Crippen molar-refractivity contribution < 1.29 is 9.32 Å². The maximum absolute atomic E-state index is 12.5. The number of piperidine rings is 1. The Balaban J connectivity index is 1.34. The Morgan fingerprint density at radius 1 is 1.23 bits per heavy atom. The van der Waals surface area contributed by atoms with Gasteiger partial charge in [0.1, 0.15) is 6.54 Å². The minimum Gasteiger partial charge on any atom is -0.341 e. The average molecular weight is 353 g/mol. The Bertz CT molecular complexity index is 881. The molecule has 0 N–H and O–H groups in total. The molecule has 3 heterocycles. The lowest BCUT2D eigenvalue weighted by molar-refractivity contribution is -0.133. The second kappa shape index (κ2) is 7.03. The van der Waals surface area contributed by atoms with Crippen molar-refractivity contribution in [3.8, 4) is 11.4 Å². The Kier molecular flexibility index (Phi) is 4.42. The molecule has 0 saturated carbocycles. The van der Waals surface area contributed by atoms with Crippen molar-refractivity contribution in [1.29, 1.82) is 0 Å². The predicted molar refractivity (Wildman–Crippen MR) is 90.8 cm³/mol. The van der Waals surface area contributed by atoms with Gasteiger partial charge in [0, 0.05) is 24.6 Å². The number of carbonyl (C=O) groups excluding carboxylic acids is 1. The molecule has 26 heavy (non-hydrogen) atoms. The summed E-state index contributed by atoms with van der Waals surface area (Å²) in [5.74, 6) is 2.03. The van der Waals surface area contributed by atoms with Gasteiger partial charge >= 0.3 is 0 Å². The molecule has 4 rings (SSSR count). The molecule has 0 spiro atoms. The van der Waals surface area contributed by atoms with Gasteiger partial charge in [0.15, 0.2) is 5.82 Å². The van der Waals surface area contributed by atoms with Crippen LogP contribution in [-0.2, 0) is 11.3 Å². The lowest BCUT2D eigenvalue weighted by atomic mass is 9.97. The van der Waals surface area contributed by atoms with Gasteiger partial charge in [0.25, 0.3) is 0 Å². The minimum absolute atomic E-state index is 0.0119. The second-order valence-electron chi connectivity index (χ2n) is 6.34. The SMILES string of the molecule is Cc1noc(C2CCN(C(=O)Cn3nnc(-c4ccccc4)n3)CC2)n1. The van der Waals surface area contributed by atoms with Gasteiger partial charge in [-0.25, -0.2) is 0 Å². The molecule has 1 aromatic carbocycles. The van der Waals surface area contributed by atoms with Crippen LogP contribution < -0.4 is 0 Å². The molecule has 134 valence electrons. The van der Waals surface area contributed by atoms with Gasteiger partial charge in [-0.2, -0.15) is 9.78 Å². The molecule has 1 aliphatic rings. The van der Waals surface area contributed by atoms with E-state index in [9.17, 15) is 4.79 Å². The van der Waals surface area contributed by atoms with E-state index in [1.54, 1.807) is 6.92 Å². The molecule has 0 radical (unpaired) electrons. The highest BCUT2D eigenvalue weighted by molar-refractivity contribution is 5.75. The number of carbonyl (C=O) groups is 1. The molecule has 0 atom stereocenters. The third-order valence-corrected chi connectivity index (χ3v) is 4.50. The molecule has 2 aromatic heterocycles. The van der Waals surface area contributed by atoms with E-state index in [2.05, 4.69) is 25.6 Å². The van der Waals surface area contributed by atoms with Crippen molar-refractivity contribution in [2.45, 2.75) is 32.2 Å². The van der Waals surface area contributed by atoms with Crippen molar-refractivity contribution in [3.05, 3.63) is 42.0 Å². The number of nitrogens with zero attached hydrogens (tertiary/aromatic N) is 7. The maximum atomic E-state index is 12.5. The van der Waals surface area contributed by atoms with E-state index in [4.69, 9.17) is 4.52 Å². The van der Waals surface area contributed by atoms with Crippen LogP contribution in [0, 0.1) is 6.92 Å². The summed E-state index contributed by atoms with van der Waals surface area (Å²) in [5, 5.41) is 16.1. The van der Waals surface area contributed by atoms with Crippen molar-refractivity contribution in [2.75, 3.05) is 13.1 Å². The van der Waals surface area contributed by atoms with Gasteiger partial charge in [-0.05, 0) is 25.0 Å². The van der Waals surface area contributed by atoms with Crippen LogP contribution in [-0.4, -0.2) is 54.2 Å². The fourth-order valence-corrected chi connectivity index (χ4v) is 3.09. The van der Waals surface area contributed by atoms with E-state index in [0.29, 0.717) is 30.6 Å². The first kappa shape index (κ1) is 16.4. The highest BCUT2D eigenvalue weighted by Crippen LogP contribution is 2.26. The van der Waals surface area contributed by atoms with Gasteiger partial charge in [-0.15, -0.1) is 10.2 Å². The molecular weight excluding hydrogens is 334 g/mol. The number of aryl methyl sites for hydroxylation is 1. The smallest absolute Gasteiger partial charge is 0.246 e. The largest absolute Gasteiger partial charge is 0.341 e. The predicted octanol–water partition coefficient (Wildman–Crippen LogP) is 1.44. The highest BCUT2D eigenvalue weighted by Gasteiger charge is 2.27. The summed E-state index contributed by atoms with van der Waals surface area (Å²) in [6.07, 6.45) is 1.63. The molecule has 3 aromatic rings. The van der Waals surface area contributed by atoms with Crippen molar-refractivity contribution in [3.63, 3.8) is 0 Å². The molecule has 1 saturated heterocycles. The molecule has 1 amide bonds. The average Bonchev–Trinajstić information content (AvgIpc) is 3.32. The summed E-state index contributed by atoms with van der Waals surface area (Å²) in [4.78, 5) is 20.0. The normalized spacial score (nSPS) is 15.3. The van der Waals surface area contributed by atoms with E-state index in [0.717, 1.165) is 18.4 Å². The summed E-state index contributed by atoms with van der Waals surface area (Å²) in [5.41, 5.74) is 0.877. The zero-order valence-corrected chi connectivity index (χ0v) is 14.4. The molecule has 0 aliphatic carbocycles. The Morgan fingerprint density at radius 2 is 2.00 bits per heavy atom. The zero-order chi connectivity index (χ0) is 17.9. The van der Waals surface area contributed by atoms with Gasteiger partial charge in [0.2, 0.25) is 17.6 Å². The molecule has 1 aliphatic heterocycles. The van der Waals surface area contributed by atoms with Crippen LogP contribution in [0.3, 0.4) is 0 Å². The first-order chi connectivity index (χ1) is 12.7. The molecule has 1 fully saturated rings. The van der Waals surface area contributed by atoms with Crippen LogP contribution in [0.1, 0.15) is 30.5 Å². The van der Waals surface area contributed by atoms with E-state index in [1.165, 1.54) is 4.80 Å². The van der Waals surface area contributed by atoms with Crippen molar-refractivity contribution in [1.82, 2.24) is 35.2 Å². The molecule has 0 bridgehead atoms. The standard InChI is InChI=1S/C17H19N7O2/c1-12-18-17(26-21-12)14-7-9-23(10-8-14)15(25)11-24-20-16(19-22-24)13-5-3-2-4-6-13/h2-6,14H,7-11H2,1H3. The van der Waals surface area contributed by atoms with Gasteiger partial charge in [-0.3, -0.25) is 4.79 Å². The van der Waals surface area contributed by atoms with Crippen LogP contribution >= 0.6 is 0 Å². The Morgan fingerprint density at radius 3 is 2.69 bits per heavy atom. The van der Waals surface area contributed by atoms with Gasteiger partial charge in [-0.1, -0.05) is 35.5 Å². The lowest BCUT2D eigenvalue weighted by Gasteiger charge is -2.30. The van der Waals surface area contributed by atoms with Crippen LogP contribution in [0.25, 0.3) is 11.4 Å². The number of aromatic nitrogens is 6. The first-order valence-corrected chi connectivity index (χ1v) is 8.60. The number of tetrazole rings is 1. The zero-order valence-electron chi connectivity index (χ0n) is 14.4. The maximum Gasteiger partial charge on any atom is 0.246 e. The van der Waals surface area contributed by atoms with E-state index in [-0.39, 0.29) is 18.4 Å². The highest BCUT2D eigenvalue weighted by atomic mass is 16.5. The second-order valence-corrected chi connectivity index (χ2v) is 6.34. The summed E-state index contributed by atoms with van der Waals surface area (Å²) in [6.45, 7) is 3.21. The number of hydrogen-bond acceptors (Lipinski definition) is 7. The number of benzene rings is 1. The quantitative estimate of drug-likeness (QED) is 0.699. The van der Waals surface area contributed by atoms with E-state index < -0.39 is 0 Å². The number of rotatable bonds is 4. The van der Waals surface area contributed by atoms with Crippen LogP contribution in [0.15, 0.2) is 34.9 Å². The van der Waals surface area contributed by atoms with Crippen LogP contribution in [0.5, 0.6) is 0 Å². The molecule has 0 unspecified atom stereocenters. The summed E-state index contributed by atoms with van der Waals surface area (Å²) in [7, 11) is 0. The monoisotopic (exact) mass is 353 g/mol. The van der Waals surface area contributed by atoms with E-state index >= 15 is 0 Å². The van der Waals surface area contributed by atoms with Crippen molar-refractivity contribution in [2.24, 2.45) is 0 Å². The minimum atomic E-state index is -0.0119.